The van der Waals surface area contributed by atoms with E-state index in [0.29, 0.717) is 20.9 Å². The number of aryl methyl sites for hydroxylation is 2. The Kier molecular flexibility index (Phi) is 6.57. The van der Waals surface area contributed by atoms with Crippen LogP contribution in [0.15, 0.2) is 57.8 Å². The molecule has 7 heteroatoms. The van der Waals surface area contributed by atoms with Gasteiger partial charge >= 0.3 is 0 Å². The number of ether oxygens (including phenoxy) is 1. The summed E-state index contributed by atoms with van der Waals surface area (Å²) in [4.78, 5) is 33.8. The normalized spacial score (nSPS) is 13.3. The monoisotopic (exact) mass is 490 g/mol. The van der Waals surface area contributed by atoms with E-state index in [2.05, 4.69) is 28.2 Å². The van der Waals surface area contributed by atoms with Gasteiger partial charge in [0.1, 0.15) is 10.6 Å². The Morgan fingerprint density at radius 2 is 1.88 bits per heavy atom. The van der Waals surface area contributed by atoms with Crippen LogP contribution in [0.2, 0.25) is 0 Å². The second-order valence-corrected chi connectivity index (χ2v) is 10.6. The first-order valence-electron chi connectivity index (χ1n) is 11.5. The molecule has 0 atom stereocenters. The summed E-state index contributed by atoms with van der Waals surface area (Å²) in [6, 6.07) is 13.7. The summed E-state index contributed by atoms with van der Waals surface area (Å²) in [5, 5.41) is 3.10. The van der Waals surface area contributed by atoms with Gasteiger partial charge in [-0.3, -0.25) is 9.59 Å². The molecule has 4 aromatic rings. The molecule has 1 aliphatic carbocycles. The topological polar surface area (TPSA) is 72.0 Å². The SMILES string of the molecule is CC(C)Oc1ccc(C(=O)CSc2nc3scc(-c4ccc5c(c4)CCCC5)c3c(=O)[nH]2)cc1. The molecule has 0 saturated carbocycles. The van der Waals surface area contributed by atoms with E-state index < -0.39 is 0 Å². The van der Waals surface area contributed by atoms with Gasteiger partial charge in [-0.1, -0.05) is 30.0 Å². The van der Waals surface area contributed by atoms with Crippen molar-refractivity contribution in [3.05, 3.63) is 74.9 Å². The third kappa shape index (κ3) is 4.81. The second kappa shape index (κ2) is 9.76. The Morgan fingerprint density at radius 1 is 1.12 bits per heavy atom. The number of benzene rings is 2. The van der Waals surface area contributed by atoms with Crippen molar-refractivity contribution in [2.24, 2.45) is 0 Å². The van der Waals surface area contributed by atoms with Gasteiger partial charge in [0.05, 0.1) is 17.2 Å². The van der Waals surface area contributed by atoms with Gasteiger partial charge in [-0.2, -0.15) is 0 Å². The molecular weight excluding hydrogens is 464 g/mol. The van der Waals surface area contributed by atoms with E-state index in [4.69, 9.17) is 4.74 Å². The Bertz CT molecular complexity index is 1400. The molecule has 1 N–H and O–H groups in total. The summed E-state index contributed by atoms with van der Waals surface area (Å²) < 4.78 is 5.63. The van der Waals surface area contributed by atoms with Gasteiger partial charge in [0.2, 0.25) is 0 Å². The molecule has 0 amide bonds. The molecule has 5 rings (SSSR count). The van der Waals surface area contributed by atoms with Gasteiger partial charge in [-0.15, -0.1) is 11.3 Å². The number of Topliss-reactive ketones (excluding diaryl/α,β-unsaturated/α-hetero) is 1. The van der Waals surface area contributed by atoms with Crippen LogP contribution < -0.4 is 10.3 Å². The van der Waals surface area contributed by atoms with E-state index >= 15 is 0 Å². The zero-order valence-electron chi connectivity index (χ0n) is 19.2. The Labute approximate surface area is 206 Å². The number of fused-ring (bicyclic) bond motifs is 2. The van der Waals surface area contributed by atoms with Crippen LogP contribution in [0, 0.1) is 0 Å². The lowest BCUT2D eigenvalue weighted by molar-refractivity contribution is 0.102. The molecule has 0 spiro atoms. The van der Waals surface area contributed by atoms with Crippen molar-refractivity contribution in [1.29, 1.82) is 0 Å². The van der Waals surface area contributed by atoms with Crippen LogP contribution in [0.5, 0.6) is 5.75 Å². The minimum atomic E-state index is -0.163. The first-order chi connectivity index (χ1) is 16.5. The third-order valence-corrected chi connectivity index (χ3v) is 7.72. The maximum Gasteiger partial charge on any atom is 0.260 e. The zero-order chi connectivity index (χ0) is 23.7. The molecule has 2 aromatic carbocycles. The number of thioether (sulfide) groups is 1. The zero-order valence-corrected chi connectivity index (χ0v) is 20.9. The van der Waals surface area contributed by atoms with Crippen LogP contribution in [-0.4, -0.2) is 27.6 Å². The van der Waals surface area contributed by atoms with Gasteiger partial charge in [-0.05, 0) is 80.5 Å². The van der Waals surface area contributed by atoms with Gasteiger partial charge in [0.15, 0.2) is 10.9 Å². The van der Waals surface area contributed by atoms with Crippen molar-refractivity contribution in [1.82, 2.24) is 9.97 Å². The number of aromatic amines is 1. The number of thiophene rings is 1. The van der Waals surface area contributed by atoms with Crippen molar-refractivity contribution in [2.75, 3.05) is 5.75 Å². The maximum absolute atomic E-state index is 13.0. The third-order valence-electron chi connectivity index (χ3n) is 5.97. The van der Waals surface area contributed by atoms with Crippen LogP contribution >= 0.6 is 23.1 Å². The summed E-state index contributed by atoms with van der Waals surface area (Å²) in [5.74, 6) is 0.912. The lowest BCUT2D eigenvalue weighted by Crippen LogP contribution is -2.10. The summed E-state index contributed by atoms with van der Waals surface area (Å²) in [5.41, 5.74) is 5.26. The number of hydrogen-bond acceptors (Lipinski definition) is 6. The summed E-state index contributed by atoms with van der Waals surface area (Å²) in [6.45, 7) is 3.92. The fourth-order valence-electron chi connectivity index (χ4n) is 4.32. The van der Waals surface area contributed by atoms with E-state index in [1.54, 1.807) is 24.3 Å². The molecule has 2 aromatic heterocycles. The predicted octanol–water partition coefficient (Wildman–Crippen LogP) is 6.29. The highest BCUT2D eigenvalue weighted by molar-refractivity contribution is 7.99. The fraction of sp³-hybridized carbons (Fsp3) is 0.296. The Balaban J connectivity index is 1.33. The second-order valence-electron chi connectivity index (χ2n) is 8.79. The minimum Gasteiger partial charge on any atom is -0.491 e. The number of nitrogens with one attached hydrogen (secondary N) is 1. The fourth-order valence-corrected chi connectivity index (χ4v) is 6.08. The molecule has 0 saturated heterocycles. The molecule has 34 heavy (non-hydrogen) atoms. The number of carbonyl (C=O) groups excluding carboxylic acids is 1. The van der Waals surface area contributed by atoms with Crippen molar-refractivity contribution in [3.63, 3.8) is 0 Å². The van der Waals surface area contributed by atoms with Gasteiger partial charge < -0.3 is 9.72 Å². The summed E-state index contributed by atoms with van der Waals surface area (Å²) in [7, 11) is 0. The molecule has 0 aliphatic heterocycles. The Hall–Kier alpha value is -2.90. The first-order valence-corrected chi connectivity index (χ1v) is 13.4. The highest BCUT2D eigenvalue weighted by Gasteiger charge is 2.17. The number of H-pyrrole nitrogens is 1. The lowest BCUT2D eigenvalue weighted by Gasteiger charge is -2.16. The number of hydrogen-bond donors (Lipinski definition) is 1. The number of nitrogens with zero attached hydrogens (tertiary/aromatic N) is 1. The summed E-state index contributed by atoms with van der Waals surface area (Å²) in [6.07, 6.45) is 4.79. The predicted molar refractivity (Wildman–Crippen MR) is 140 cm³/mol. The maximum atomic E-state index is 13.0. The van der Waals surface area contributed by atoms with Crippen molar-refractivity contribution < 1.29 is 9.53 Å². The van der Waals surface area contributed by atoms with Crippen molar-refractivity contribution in [2.45, 2.75) is 50.8 Å². The van der Waals surface area contributed by atoms with Crippen LogP contribution in [0.3, 0.4) is 0 Å². The smallest absolute Gasteiger partial charge is 0.260 e. The largest absolute Gasteiger partial charge is 0.491 e. The minimum absolute atomic E-state index is 0.0234. The van der Waals surface area contributed by atoms with Gasteiger partial charge in [0.25, 0.3) is 5.56 Å². The molecule has 0 radical (unpaired) electrons. The molecule has 5 nitrogen and oxygen atoms in total. The van der Waals surface area contributed by atoms with Crippen LogP contribution in [0.4, 0.5) is 0 Å². The molecule has 0 unspecified atom stereocenters. The standard InChI is InChI=1S/C27H26N2O3S2/c1-16(2)32-21-11-9-18(10-12-21)23(30)15-34-27-28-25(31)24-22(14-33-26(24)29-27)20-8-7-17-5-3-4-6-19(17)13-20/h7-14,16H,3-6,15H2,1-2H3,(H,28,29,31). The van der Waals surface area contributed by atoms with Gasteiger partial charge in [0, 0.05) is 16.5 Å². The number of aromatic nitrogens is 2. The molecule has 0 bridgehead atoms. The van der Waals surface area contributed by atoms with Crippen LogP contribution in [0.1, 0.15) is 48.2 Å². The number of rotatable bonds is 7. The van der Waals surface area contributed by atoms with E-state index in [-0.39, 0.29) is 23.2 Å². The van der Waals surface area contributed by atoms with E-state index in [0.717, 1.165) is 29.7 Å². The van der Waals surface area contributed by atoms with Crippen LogP contribution in [0.25, 0.3) is 21.3 Å². The Morgan fingerprint density at radius 3 is 2.65 bits per heavy atom. The highest BCUT2D eigenvalue weighted by atomic mass is 32.2. The van der Waals surface area contributed by atoms with E-state index in [9.17, 15) is 9.59 Å². The highest BCUT2D eigenvalue weighted by Crippen LogP contribution is 2.34. The van der Waals surface area contributed by atoms with E-state index in [1.807, 2.05) is 19.2 Å². The van der Waals surface area contributed by atoms with Gasteiger partial charge in [-0.25, -0.2) is 4.98 Å². The average molecular weight is 491 g/mol. The molecule has 1 aliphatic rings. The molecule has 2 heterocycles. The molecule has 0 fully saturated rings. The molecule has 174 valence electrons. The number of ketones is 1. The van der Waals surface area contributed by atoms with Crippen LogP contribution in [-0.2, 0) is 12.8 Å². The number of carbonyl (C=O) groups is 1. The first kappa shape index (κ1) is 22.9. The molecular formula is C27H26N2O3S2. The lowest BCUT2D eigenvalue weighted by atomic mass is 9.89. The average Bonchev–Trinajstić information content (AvgIpc) is 3.27. The van der Waals surface area contributed by atoms with Crippen molar-refractivity contribution >= 4 is 39.1 Å². The van der Waals surface area contributed by atoms with E-state index in [1.165, 1.54) is 47.1 Å². The summed E-state index contributed by atoms with van der Waals surface area (Å²) >= 11 is 2.72. The quantitative estimate of drug-likeness (QED) is 0.187. The van der Waals surface area contributed by atoms with Crippen molar-refractivity contribution in [3.8, 4) is 16.9 Å².